The largest absolute Gasteiger partial charge is 0.419 e. The van der Waals surface area contributed by atoms with Gasteiger partial charge in [-0.3, -0.25) is 9.25 Å². The number of aromatic nitrogens is 3. The van der Waals surface area contributed by atoms with Crippen molar-refractivity contribution in [2.75, 3.05) is 25.0 Å². The molecular weight excluding hydrogens is 350 g/mol. The molecule has 0 aliphatic carbocycles. The smallest absolute Gasteiger partial charge is 0.408 e. The molecule has 1 fully saturated rings. The summed E-state index contributed by atoms with van der Waals surface area (Å²) >= 11 is 0. The zero-order valence-electron chi connectivity index (χ0n) is 15.0. The van der Waals surface area contributed by atoms with Crippen molar-refractivity contribution in [2.24, 2.45) is 7.05 Å². The Bertz CT molecular complexity index is 991. The average molecular weight is 371 g/mol. The van der Waals surface area contributed by atoms with E-state index in [0.29, 0.717) is 43.0 Å². The Labute approximate surface area is 155 Å². The minimum Gasteiger partial charge on any atom is -0.408 e. The number of rotatable bonds is 3. The van der Waals surface area contributed by atoms with Gasteiger partial charge in [-0.15, -0.1) is 0 Å². The summed E-state index contributed by atoms with van der Waals surface area (Å²) < 4.78 is 14.2. The number of hydrogen-bond donors (Lipinski definition) is 1. The van der Waals surface area contributed by atoms with Crippen LogP contribution in [0.5, 0.6) is 0 Å². The van der Waals surface area contributed by atoms with Crippen molar-refractivity contribution in [3.05, 3.63) is 47.2 Å². The number of nitrogens with zero attached hydrogens (tertiary/aromatic N) is 4. The molecule has 1 aromatic carbocycles. The highest BCUT2D eigenvalue weighted by Crippen LogP contribution is 2.19. The molecule has 27 heavy (non-hydrogen) atoms. The van der Waals surface area contributed by atoms with Gasteiger partial charge in [0.05, 0.1) is 24.7 Å². The molecule has 3 aromatic rings. The molecule has 1 unspecified atom stereocenters. The van der Waals surface area contributed by atoms with Crippen LogP contribution in [0.3, 0.4) is 0 Å². The molecule has 0 saturated carbocycles. The zero-order valence-corrected chi connectivity index (χ0v) is 15.0. The summed E-state index contributed by atoms with van der Waals surface area (Å²) in [6.07, 6.45) is 4.25. The van der Waals surface area contributed by atoms with Crippen molar-refractivity contribution < 1.29 is 13.9 Å². The molecule has 1 atom stereocenters. The average Bonchev–Trinajstić information content (AvgIpc) is 3.17. The number of amides is 2. The van der Waals surface area contributed by atoms with Crippen LogP contribution in [0.25, 0.3) is 11.1 Å². The number of carbonyl (C=O) groups excluding carboxylic acids is 1. The summed E-state index contributed by atoms with van der Waals surface area (Å²) in [5.41, 5.74) is 1.70. The van der Waals surface area contributed by atoms with Gasteiger partial charge in [0, 0.05) is 44.3 Å². The quantitative estimate of drug-likeness (QED) is 0.755. The number of nitrogens with one attached hydrogen (secondary N) is 1. The molecular formula is C18H21N5O4. The molecule has 0 spiro atoms. The fourth-order valence-electron chi connectivity index (χ4n) is 3.22. The number of fused-ring (bicyclic) bond motifs is 1. The van der Waals surface area contributed by atoms with Crippen LogP contribution in [-0.4, -0.2) is 51.1 Å². The molecule has 0 radical (unpaired) electrons. The number of anilines is 1. The van der Waals surface area contributed by atoms with E-state index in [2.05, 4.69) is 10.4 Å². The number of carbonyl (C=O) groups is 1. The Hall–Kier alpha value is -3.07. The lowest BCUT2D eigenvalue weighted by molar-refractivity contribution is 0.0442. The molecule has 9 nitrogen and oxygen atoms in total. The summed E-state index contributed by atoms with van der Waals surface area (Å²) in [4.78, 5) is 26.1. The molecule has 2 amide bonds. The lowest BCUT2D eigenvalue weighted by atomic mass is 10.3. The first-order chi connectivity index (χ1) is 13.1. The van der Waals surface area contributed by atoms with E-state index in [1.807, 2.05) is 12.3 Å². The molecule has 4 rings (SSSR count). The van der Waals surface area contributed by atoms with E-state index in [9.17, 15) is 9.59 Å². The fraction of sp³-hybridized carbons (Fsp3) is 0.389. The molecule has 2 aromatic heterocycles. The summed E-state index contributed by atoms with van der Waals surface area (Å²) in [7, 11) is 1.64. The Morgan fingerprint density at radius 3 is 3.11 bits per heavy atom. The van der Waals surface area contributed by atoms with E-state index in [4.69, 9.17) is 9.15 Å². The van der Waals surface area contributed by atoms with Crippen LogP contribution in [-0.2, 0) is 18.3 Å². The molecule has 1 saturated heterocycles. The van der Waals surface area contributed by atoms with E-state index < -0.39 is 5.76 Å². The number of ether oxygens (including phenoxy) is 1. The van der Waals surface area contributed by atoms with Gasteiger partial charge < -0.3 is 19.4 Å². The standard InChI is InChI=1S/C18H21N5O4/c1-21-15-5-4-13(10-16(15)27-18(21)25)20-17(24)22-7-3-9-26-14(11-22)12-23-8-2-6-19-23/h2,4-6,8,10,14H,3,7,9,11-12H2,1H3,(H,20,24). The maximum absolute atomic E-state index is 12.7. The number of urea groups is 1. The Morgan fingerprint density at radius 2 is 2.30 bits per heavy atom. The van der Waals surface area contributed by atoms with Gasteiger partial charge in [-0.05, 0) is 24.6 Å². The van der Waals surface area contributed by atoms with Crippen molar-refractivity contribution in [1.29, 1.82) is 0 Å². The zero-order chi connectivity index (χ0) is 18.8. The van der Waals surface area contributed by atoms with Crippen LogP contribution in [0.2, 0.25) is 0 Å². The van der Waals surface area contributed by atoms with Crippen molar-refractivity contribution in [1.82, 2.24) is 19.2 Å². The maximum Gasteiger partial charge on any atom is 0.419 e. The fourth-order valence-corrected chi connectivity index (χ4v) is 3.22. The van der Waals surface area contributed by atoms with Crippen LogP contribution in [0, 0.1) is 0 Å². The van der Waals surface area contributed by atoms with Crippen molar-refractivity contribution >= 4 is 22.8 Å². The molecule has 1 N–H and O–H groups in total. The van der Waals surface area contributed by atoms with Gasteiger partial charge in [0.1, 0.15) is 0 Å². The van der Waals surface area contributed by atoms with E-state index in [0.717, 1.165) is 6.42 Å². The highest BCUT2D eigenvalue weighted by Gasteiger charge is 2.23. The predicted octanol–water partition coefficient (Wildman–Crippen LogP) is 1.65. The van der Waals surface area contributed by atoms with Gasteiger partial charge in [0.25, 0.3) is 0 Å². The third-order valence-electron chi connectivity index (χ3n) is 4.63. The second-order valence-corrected chi connectivity index (χ2v) is 6.56. The van der Waals surface area contributed by atoms with Crippen LogP contribution in [0.1, 0.15) is 6.42 Å². The lowest BCUT2D eigenvalue weighted by Crippen LogP contribution is -2.41. The van der Waals surface area contributed by atoms with E-state index >= 15 is 0 Å². The second-order valence-electron chi connectivity index (χ2n) is 6.56. The summed E-state index contributed by atoms with van der Waals surface area (Å²) in [5.74, 6) is -0.431. The van der Waals surface area contributed by atoms with Gasteiger partial charge >= 0.3 is 11.8 Å². The number of benzene rings is 1. The molecule has 0 bridgehead atoms. The van der Waals surface area contributed by atoms with Gasteiger partial charge in [0.2, 0.25) is 0 Å². The van der Waals surface area contributed by atoms with Crippen molar-refractivity contribution in [3.8, 4) is 0 Å². The minimum atomic E-state index is -0.431. The lowest BCUT2D eigenvalue weighted by Gasteiger charge is -2.24. The van der Waals surface area contributed by atoms with Crippen LogP contribution in [0.4, 0.5) is 10.5 Å². The summed E-state index contributed by atoms with van der Waals surface area (Å²) in [6.45, 7) is 2.30. The third-order valence-corrected chi connectivity index (χ3v) is 4.63. The highest BCUT2D eigenvalue weighted by atomic mass is 16.5. The third kappa shape index (κ3) is 3.72. The first-order valence-electron chi connectivity index (χ1n) is 8.85. The molecule has 142 valence electrons. The Kier molecular flexibility index (Phi) is 4.68. The van der Waals surface area contributed by atoms with Gasteiger partial charge in [-0.1, -0.05) is 0 Å². The number of hydrogen-bond acceptors (Lipinski definition) is 5. The topological polar surface area (TPSA) is 94.5 Å². The molecule has 1 aliphatic heterocycles. The number of oxazole rings is 1. The molecule has 1 aliphatic rings. The summed E-state index contributed by atoms with van der Waals surface area (Å²) in [5, 5.41) is 7.07. The first-order valence-corrected chi connectivity index (χ1v) is 8.85. The number of aryl methyl sites for hydroxylation is 1. The second kappa shape index (κ2) is 7.28. The van der Waals surface area contributed by atoms with Gasteiger partial charge in [-0.2, -0.15) is 5.10 Å². The SMILES string of the molecule is Cn1c(=O)oc2cc(NC(=O)N3CCCOC(Cn4cccn4)C3)ccc21. The highest BCUT2D eigenvalue weighted by molar-refractivity contribution is 5.91. The predicted molar refractivity (Wildman–Crippen MR) is 98.6 cm³/mol. The first kappa shape index (κ1) is 17.3. The monoisotopic (exact) mass is 371 g/mol. The Morgan fingerprint density at radius 1 is 1.41 bits per heavy atom. The van der Waals surface area contributed by atoms with Gasteiger partial charge in [0.15, 0.2) is 5.58 Å². The maximum atomic E-state index is 12.7. The van der Waals surface area contributed by atoms with E-state index in [1.54, 1.807) is 41.0 Å². The molecule has 9 heteroatoms. The molecule has 3 heterocycles. The van der Waals surface area contributed by atoms with Gasteiger partial charge in [-0.25, -0.2) is 9.59 Å². The van der Waals surface area contributed by atoms with E-state index in [-0.39, 0.29) is 12.1 Å². The minimum absolute atomic E-state index is 0.118. The van der Waals surface area contributed by atoms with Crippen molar-refractivity contribution in [2.45, 2.75) is 19.1 Å². The van der Waals surface area contributed by atoms with E-state index in [1.165, 1.54) is 4.57 Å². The van der Waals surface area contributed by atoms with Crippen LogP contribution >= 0.6 is 0 Å². The van der Waals surface area contributed by atoms with Crippen LogP contribution < -0.4 is 11.1 Å². The summed E-state index contributed by atoms with van der Waals surface area (Å²) in [6, 6.07) is 6.82. The van der Waals surface area contributed by atoms with Crippen LogP contribution in [0.15, 0.2) is 45.9 Å². The normalized spacial score (nSPS) is 17.8. The van der Waals surface area contributed by atoms with Crippen molar-refractivity contribution in [3.63, 3.8) is 0 Å². The Balaban J connectivity index is 1.45.